The molecule has 6 nitrogen and oxygen atoms in total. The van der Waals surface area contributed by atoms with Crippen LogP contribution in [0.15, 0.2) is 24.3 Å². The molecule has 0 fully saturated rings. The third kappa shape index (κ3) is 5.58. The summed E-state index contributed by atoms with van der Waals surface area (Å²) < 4.78 is 10.3. The van der Waals surface area contributed by atoms with Gasteiger partial charge in [-0.05, 0) is 12.1 Å². The molecule has 1 rings (SSSR count). The first-order chi connectivity index (χ1) is 9.17. The van der Waals surface area contributed by atoms with Crippen LogP contribution >= 0.6 is 0 Å². The van der Waals surface area contributed by atoms with Gasteiger partial charge in [-0.1, -0.05) is 6.07 Å². The number of aliphatic hydroxyl groups excluding tert-OH is 1. The number of ether oxygens (including phenoxy) is 2. The summed E-state index contributed by atoms with van der Waals surface area (Å²) in [7, 11) is 1.56. The van der Waals surface area contributed by atoms with Crippen LogP contribution in [0.3, 0.4) is 0 Å². The van der Waals surface area contributed by atoms with Gasteiger partial charge in [-0.25, -0.2) is 0 Å². The molecule has 0 aliphatic rings. The van der Waals surface area contributed by atoms with Crippen LogP contribution in [0.25, 0.3) is 0 Å². The molecule has 0 spiro atoms. The Bertz CT molecular complexity index is 398. The fourth-order valence-corrected chi connectivity index (χ4v) is 1.52. The highest BCUT2D eigenvalue weighted by atomic mass is 16.5. The predicted molar refractivity (Wildman–Crippen MR) is 71.9 cm³/mol. The van der Waals surface area contributed by atoms with E-state index < -0.39 is 0 Å². The Morgan fingerprint density at radius 2 is 2.21 bits per heavy atom. The summed E-state index contributed by atoms with van der Waals surface area (Å²) >= 11 is 0. The van der Waals surface area contributed by atoms with Crippen LogP contribution in [-0.2, 0) is 9.53 Å². The minimum absolute atomic E-state index is 0.0895. The standard InChI is InChI=1S/C13H20N2O4/c1-18-8-6-15(5-7-16)13(17)10-19-12-4-2-3-11(14)9-12/h2-4,9,16H,5-8,10,14H2,1H3. The van der Waals surface area contributed by atoms with E-state index in [0.29, 0.717) is 24.6 Å². The fourth-order valence-electron chi connectivity index (χ4n) is 1.52. The second-order valence-electron chi connectivity index (χ2n) is 3.96. The summed E-state index contributed by atoms with van der Waals surface area (Å²) in [6.07, 6.45) is 0. The Hall–Kier alpha value is -1.79. The first kappa shape index (κ1) is 15.3. The largest absolute Gasteiger partial charge is 0.484 e. The molecule has 106 valence electrons. The first-order valence-electron chi connectivity index (χ1n) is 6.03. The lowest BCUT2D eigenvalue weighted by atomic mass is 10.3. The molecule has 6 heteroatoms. The zero-order chi connectivity index (χ0) is 14.1. The lowest BCUT2D eigenvalue weighted by Gasteiger charge is -2.21. The molecule has 1 amide bonds. The molecule has 0 bridgehead atoms. The number of carbonyl (C=O) groups excluding carboxylic acids is 1. The number of anilines is 1. The number of methoxy groups -OCH3 is 1. The minimum atomic E-state index is -0.200. The van der Waals surface area contributed by atoms with Gasteiger partial charge < -0.3 is 25.2 Å². The highest BCUT2D eigenvalue weighted by Gasteiger charge is 2.13. The van der Waals surface area contributed by atoms with Crippen molar-refractivity contribution in [2.24, 2.45) is 0 Å². The van der Waals surface area contributed by atoms with E-state index in [2.05, 4.69) is 0 Å². The number of amides is 1. The van der Waals surface area contributed by atoms with Crippen molar-refractivity contribution >= 4 is 11.6 Å². The predicted octanol–water partition coefficient (Wildman–Crippen LogP) is 0.115. The molecule has 1 aromatic carbocycles. The molecule has 0 aliphatic carbocycles. The molecule has 0 saturated heterocycles. The van der Waals surface area contributed by atoms with Gasteiger partial charge in [0, 0.05) is 32.0 Å². The van der Waals surface area contributed by atoms with Gasteiger partial charge in [-0.3, -0.25) is 4.79 Å². The average Bonchev–Trinajstić information content (AvgIpc) is 2.41. The van der Waals surface area contributed by atoms with Gasteiger partial charge in [0.25, 0.3) is 5.91 Å². The number of hydrogen-bond acceptors (Lipinski definition) is 5. The van der Waals surface area contributed by atoms with Crippen LogP contribution in [0.1, 0.15) is 0 Å². The number of nitrogen functional groups attached to an aromatic ring is 1. The number of rotatable bonds is 8. The van der Waals surface area contributed by atoms with Crippen LogP contribution in [0.4, 0.5) is 5.69 Å². The Balaban J connectivity index is 2.47. The van der Waals surface area contributed by atoms with E-state index in [9.17, 15) is 4.79 Å². The van der Waals surface area contributed by atoms with Gasteiger partial charge >= 0.3 is 0 Å². The Kier molecular flexibility index (Phi) is 6.70. The summed E-state index contributed by atoms with van der Waals surface area (Å²) in [5, 5.41) is 8.91. The molecule has 19 heavy (non-hydrogen) atoms. The van der Waals surface area contributed by atoms with Crippen molar-refractivity contribution in [1.82, 2.24) is 4.90 Å². The third-order valence-electron chi connectivity index (χ3n) is 2.51. The van der Waals surface area contributed by atoms with Crippen molar-refractivity contribution in [1.29, 1.82) is 0 Å². The zero-order valence-electron chi connectivity index (χ0n) is 11.0. The Morgan fingerprint density at radius 1 is 1.42 bits per heavy atom. The smallest absolute Gasteiger partial charge is 0.260 e. The molecule has 0 aliphatic heterocycles. The number of aliphatic hydroxyl groups is 1. The summed E-state index contributed by atoms with van der Waals surface area (Å²) in [6, 6.07) is 6.88. The van der Waals surface area contributed by atoms with Crippen molar-refractivity contribution in [3.05, 3.63) is 24.3 Å². The lowest BCUT2D eigenvalue weighted by Crippen LogP contribution is -2.39. The van der Waals surface area contributed by atoms with Crippen molar-refractivity contribution < 1.29 is 19.4 Å². The second kappa shape index (κ2) is 8.34. The van der Waals surface area contributed by atoms with Crippen molar-refractivity contribution in [2.45, 2.75) is 0 Å². The molecule has 1 aromatic rings. The molecule has 3 N–H and O–H groups in total. The quantitative estimate of drug-likeness (QED) is 0.654. The molecule has 0 saturated carbocycles. The number of hydrogen-bond donors (Lipinski definition) is 2. The van der Waals surface area contributed by atoms with Crippen LogP contribution in [-0.4, -0.2) is 55.9 Å². The van der Waals surface area contributed by atoms with Gasteiger partial charge in [0.15, 0.2) is 6.61 Å². The summed E-state index contributed by atoms with van der Waals surface area (Å²) in [4.78, 5) is 13.4. The van der Waals surface area contributed by atoms with Crippen LogP contribution in [0.2, 0.25) is 0 Å². The maximum absolute atomic E-state index is 11.9. The van der Waals surface area contributed by atoms with E-state index in [1.165, 1.54) is 4.90 Å². The minimum Gasteiger partial charge on any atom is -0.484 e. The third-order valence-corrected chi connectivity index (χ3v) is 2.51. The van der Waals surface area contributed by atoms with Crippen LogP contribution < -0.4 is 10.5 Å². The maximum Gasteiger partial charge on any atom is 0.260 e. The topological polar surface area (TPSA) is 85.0 Å². The number of nitrogens with zero attached hydrogens (tertiary/aromatic N) is 1. The monoisotopic (exact) mass is 268 g/mol. The molecule has 0 aromatic heterocycles. The Labute approximate surface area is 112 Å². The number of nitrogens with two attached hydrogens (primary N) is 1. The van der Waals surface area contributed by atoms with E-state index in [1.54, 1.807) is 31.4 Å². The van der Waals surface area contributed by atoms with Gasteiger partial charge in [0.1, 0.15) is 5.75 Å². The highest BCUT2D eigenvalue weighted by molar-refractivity contribution is 5.77. The fraction of sp³-hybridized carbons (Fsp3) is 0.462. The maximum atomic E-state index is 11.9. The van der Waals surface area contributed by atoms with E-state index in [1.807, 2.05) is 0 Å². The number of carbonyl (C=O) groups is 1. The lowest BCUT2D eigenvalue weighted by molar-refractivity contribution is -0.134. The van der Waals surface area contributed by atoms with Crippen molar-refractivity contribution in [3.8, 4) is 5.75 Å². The van der Waals surface area contributed by atoms with Crippen molar-refractivity contribution in [3.63, 3.8) is 0 Å². The van der Waals surface area contributed by atoms with Crippen LogP contribution in [0, 0.1) is 0 Å². The van der Waals surface area contributed by atoms with Crippen molar-refractivity contribution in [2.75, 3.05) is 45.8 Å². The van der Waals surface area contributed by atoms with Crippen LogP contribution in [0.5, 0.6) is 5.75 Å². The number of benzene rings is 1. The second-order valence-corrected chi connectivity index (χ2v) is 3.96. The van der Waals surface area contributed by atoms with Gasteiger partial charge in [-0.2, -0.15) is 0 Å². The van der Waals surface area contributed by atoms with E-state index in [0.717, 1.165) is 0 Å². The van der Waals surface area contributed by atoms with E-state index in [-0.39, 0.29) is 25.7 Å². The summed E-state index contributed by atoms with van der Waals surface area (Å²) in [5.74, 6) is 0.345. The molecule has 0 unspecified atom stereocenters. The Morgan fingerprint density at radius 3 is 2.84 bits per heavy atom. The van der Waals surface area contributed by atoms with E-state index in [4.69, 9.17) is 20.3 Å². The molecule has 0 atom stereocenters. The van der Waals surface area contributed by atoms with Gasteiger partial charge in [-0.15, -0.1) is 0 Å². The first-order valence-corrected chi connectivity index (χ1v) is 6.03. The zero-order valence-corrected chi connectivity index (χ0v) is 11.0. The van der Waals surface area contributed by atoms with Gasteiger partial charge in [0.05, 0.1) is 13.2 Å². The molecular formula is C13H20N2O4. The molecule has 0 radical (unpaired) electrons. The SMILES string of the molecule is COCCN(CCO)C(=O)COc1cccc(N)c1. The van der Waals surface area contributed by atoms with Gasteiger partial charge in [0.2, 0.25) is 0 Å². The summed E-state index contributed by atoms with van der Waals surface area (Å²) in [5.41, 5.74) is 6.19. The summed E-state index contributed by atoms with van der Waals surface area (Å²) in [6.45, 7) is 0.934. The normalized spacial score (nSPS) is 10.2. The molecule has 0 heterocycles. The average molecular weight is 268 g/mol. The molecular weight excluding hydrogens is 248 g/mol. The highest BCUT2D eigenvalue weighted by Crippen LogP contribution is 2.14. The van der Waals surface area contributed by atoms with E-state index >= 15 is 0 Å².